The van der Waals surface area contributed by atoms with Gasteiger partial charge in [-0.05, 0) is 25.0 Å². The average molecular weight is 219 g/mol. The van der Waals surface area contributed by atoms with Gasteiger partial charge in [0.1, 0.15) is 12.1 Å². The van der Waals surface area contributed by atoms with Crippen molar-refractivity contribution in [3.05, 3.63) is 35.9 Å². The Morgan fingerprint density at radius 2 is 2.19 bits per heavy atom. The van der Waals surface area contributed by atoms with Crippen molar-refractivity contribution >= 4 is 0 Å². The highest BCUT2D eigenvalue weighted by Gasteiger charge is 2.12. The van der Waals surface area contributed by atoms with Gasteiger partial charge >= 0.3 is 0 Å². The Balaban J connectivity index is 2.50. The fourth-order valence-corrected chi connectivity index (χ4v) is 1.69. The highest BCUT2D eigenvalue weighted by molar-refractivity contribution is 5.57. The zero-order chi connectivity index (χ0) is 11.5. The first-order chi connectivity index (χ1) is 7.74. The Labute approximate surface area is 93.9 Å². The van der Waals surface area contributed by atoms with Gasteiger partial charge in [0.2, 0.25) is 0 Å². The highest BCUT2D eigenvalue weighted by atomic mass is 19.1. The van der Waals surface area contributed by atoms with Crippen LogP contribution < -0.4 is 0 Å². The van der Waals surface area contributed by atoms with Crippen molar-refractivity contribution in [2.75, 3.05) is 0 Å². The Kier molecular flexibility index (Phi) is 2.99. The predicted octanol–water partition coefficient (Wildman–Crippen LogP) is 2.80. The minimum absolute atomic E-state index is 0.215. The second-order valence-corrected chi connectivity index (χ2v) is 3.78. The van der Waals surface area contributed by atoms with Gasteiger partial charge in [-0.1, -0.05) is 19.1 Å². The first-order valence-electron chi connectivity index (χ1n) is 5.37. The number of halogens is 1. The van der Waals surface area contributed by atoms with Crippen molar-refractivity contribution in [3.63, 3.8) is 0 Å². The van der Waals surface area contributed by atoms with Crippen LogP contribution in [-0.4, -0.2) is 14.8 Å². The Hall–Kier alpha value is -1.71. The van der Waals surface area contributed by atoms with Crippen LogP contribution >= 0.6 is 0 Å². The lowest BCUT2D eigenvalue weighted by molar-refractivity contribution is 0.615. The van der Waals surface area contributed by atoms with Gasteiger partial charge in [-0.15, -0.1) is 10.2 Å². The molecule has 0 aliphatic rings. The van der Waals surface area contributed by atoms with Crippen molar-refractivity contribution < 1.29 is 4.39 Å². The second-order valence-electron chi connectivity index (χ2n) is 3.78. The maximum Gasteiger partial charge on any atom is 0.166 e. The van der Waals surface area contributed by atoms with E-state index >= 15 is 0 Å². The van der Waals surface area contributed by atoms with E-state index in [1.807, 2.05) is 10.6 Å². The van der Waals surface area contributed by atoms with Crippen LogP contribution in [0.3, 0.4) is 0 Å². The molecule has 0 N–H and O–H groups in total. The third-order valence-corrected chi connectivity index (χ3v) is 2.51. The molecular formula is C12H14FN3. The zero-order valence-corrected chi connectivity index (χ0v) is 9.44. The molecule has 16 heavy (non-hydrogen) atoms. The van der Waals surface area contributed by atoms with Crippen molar-refractivity contribution in [2.24, 2.45) is 0 Å². The number of nitrogens with zero attached hydrogens (tertiary/aromatic N) is 3. The minimum Gasteiger partial charge on any atom is -0.314 e. The van der Waals surface area contributed by atoms with Crippen LogP contribution in [0.5, 0.6) is 0 Å². The summed E-state index contributed by atoms with van der Waals surface area (Å²) in [6.07, 6.45) is 2.61. The summed E-state index contributed by atoms with van der Waals surface area (Å²) in [4.78, 5) is 0. The van der Waals surface area contributed by atoms with Crippen LogP contribution in [-0.2, 0) is 6.54 Å². The van der Waals surface area contributed by atoms with E-state index < -0.39 is 0 Å². The molecule has 84 valence electrons. The number of benzene rings is 1. The lowest BCUT2D eigenvalue weighted by Gasteiger charge is -2.07. The molecule has 0 radical (unpaired) electrons. The first kappa shape index (κ1) is 10.8. The molecule has 0 saturated carbocycles. The fourth-order valence-electron chi connectivity index (χ4n) is 1.69. The molecule has 0 amide bonds. The summed E-state index contributed by atoms with van der Waals surface area (Å²) >= 11 is 0. The monoisotopic (exact) mass is 219 g/mol. The van der Waals surface area contributed by atoms with E-state index in [1.54, 1.807) is 25.4 Å². The van der Waals surface area contributed by atoms with Crippen LogP contribution in [0.4, 0.5) is 4.39 Å². The van der Waals surface area contributed by atoms with E-state index in [9.17, 15) is 4.39 Å². The van der Waals surface area contributed by atoms with E-state index in [2.05, 4.69) is 17.1 Å². The number of rotatable bonds is 3. The summed E-state index contributed by atoms with van der Waals surface area (Å²) in [7, 11) is 0. The molecule has 1 aromatic heterocycles. The molecule has 1 aromatic carbocycles. The molecule has 3 nitrogen and oxygen atoms in total. The third-order valence-electron chi connectivity index (χ3n) is 2.51. The van der Waals surface area contributed by atoms with Crippen molar-refractivity contribution in [1.29, 1.82) is 0 Å². The number of aromatic nitrogens is 3. The molecule has 0 saturated heterocycles. The predicted molar refractivity (Wildman–Crippen MR) is 60.4 cm³/mol. The zero-order valence-electron chi connectivity index (χ0n) is 9.44. The van der Waals surface area contributed by atoms with Crippen LogP contribution in [0.25, 0.3) is 11.4 Å². The van der Waals surface area contributed by atoms with Gasteiger partial charge in [0.05, 0.1) is 5.56 Å². The Bertz CT molecular complexity index is 491. The molecule has 0 aliphatic carbocycles. The van der Waals surface area contributed by atoms with E-state index in [1.165, 1.54) is 0 Å². The smallest absolute Gasteiger partial charge is 0.166 e. The molecule has 2 rings (SSSR count). The summed E-state index contributed by atoms with van der Waals surface area (Å²) in [5, 5.41) is 7.81. The maximum absolute atomic E-state index is 13.9. The summed E-state index contributed by atoms with van der Waals surface area (Å²) in [5.74, 6) is 0.385. The number of hydrogen-bond donors (Lipinski definition) is 0. The maximum atomic E-state index is 13.9. The first-order valence-corrected chi connectivity index (χ1v) is 5.37. The van der Waals surface area contributed by atoms with Crippen LogP contribution in [0.1, 0.15) is 18.9 Å². The standard InChI is InChI=1S/C12H14FN3/c1-3-7-16-8-14-15-12(16)10-6-4-5-9(2)11(10)13/h4-6,8H,3,7H2,1-2H3. The summed E-state index contributed by atoms with van der Waals surface area (Å²) in [6.45, 7) is 4.62. The van der Waals surface area contributed by atoms with Crippen molar-refractivity contribution in [1.82, 2.24) is 14.8 Å². The quantitative estimate of drug-likeness (QED) is 0.794. The van der Waals surface area contributed by atoms with Gasteiger partial charge in [0.25, 0.3) is 0 Å². The molecule has 0 unspecified atom stereocenters. The van der Waals surface area contributed by atoms with Gasteiger partial charge in [-0.3, -0.25) is 0 Å². The van der Waals surface area contributed by atoms with E-state index in [-0.39, 0.29) is 5.82 Å². The SMILES string of the molecule is CCCn1cnnc1-c1cccc(C)c1F. The lowest BCUT2D eigenvalue weighted by Crippen LogP contribution is -2.00. The van der Waals surface area contributed by atoms with Crippen LogP contribution in [0, 0.1) is 12.7 Å². The molecule has 0 atom stereocenters. The van der Waals surface area contributed by atoms with Gasteiger partial charge < -0.3 is 4.57 Å². The number of aryl methyl sites for hydroxylation is 2. The Morgan fingerprint density at radius 1 is 1.38 bits per heavy atom. The topological polar surface area (TPSA) is 30.7 Å². The molecule has 0 spiro atoms. The highest BCUT2D eigenvalue weighted by Crippen LogP contribution is 2.22. The molecule has 4 heteroatoms. The van der Waals surface area contributed by atoms with Gasteiger partial charge in [0.15, 0.2) is 5.82 Å². The summed E-state index contributed by atoms with van der Waals surface area (Å²) in [5.41, 5.74) is 1.15. The van der Waals surface area contributed by atoms with Gasteiger partial charge in [-0.2, -0.15) is 0 Å². The van der Waals surface area contributed by atoms with Crippen molar-refractivity contribution in [3.8, 4) is 11.4 Å². The molecule has 0 aliphatic heterocycles. The molecule has 0 bridgehead atoms. The lowest BCUT2D eigenvalue weighted by atomic mass is 10.1. The summed E-state index contributed by atoms with van der Waals surface area (Å²) < 4.78 is 15.8. The number of hydrogen-bond acceptors (Lipinski definition) is 2. The van der Waals surface area contributed by atoms with Crippen LogP contribution in [0.15, 0.2) is 24.5 Å². The molecule has 0 fully saturated rings. The Morgan fingerprint density at radius 3 is 2.94 bits per heavy atom. The van der Waals surface area contributed by atoms with Crippen LogP contribution in [0.2, 0.25) is 0 Å². The van der Waals surface area contributed by atoms with Gasteiger partial charge in [0, 0.05) is 6.54 Å². The van der Waals surface area contributed by atoms with Gasteiger partial charge in [-0.25, -0.2) is 4.39 Å². The molecule has 2 aromatic rings. The van der Waals surface area contributed by atoms with E-state index in [0.29, 0.717) is 17.0 Å². The average Bonchev–Trinajstić information content (AvgIpc) is 2.71. The normalized spacial score (nSPS) is 10.7. The molecule has 1 heterocycles. The summed E-state index contributed by atoms with van der Waals surface area (Å²) in [6, 6.07) is 5.32. The van der Waals surface area contributed by atoms with E-state index in [4.69, 9.17) is 0 Å². The molecular weight excluding hydrogens is 205 g/mol. The second kappa shape index (κ2) is 4.43. The largest absolute Gasteiger partial charge is 0.314 e. The van der Waals surface area contributed by atoms with E-state index in [0.717, 1.165) is 13.0 Å². The van der Waals surface area contributed by atoms with Crippen molar-refractivity contribution in [2.45, 2.75) is 26.8 Å². The fraction of sp³-hybridized carbons (Fsp3) is 0.333. The third kappa shape index (κ3) is 1.83. The minimum atomic E-state index is -0.215.